The van der Waals surface area contributed by atoms with Crippen molar-refractivity contribution in [2.75, 3.05) is 40.3 Å². The van der Waals surface area contributed by atoms with Gasteiger partial charge >= 0.3 is 0 Å². The lowest BCUT2D eigenvalue weighted by Crippen LogP contribution is -2.47. The molecular weight excluding hydrogens is 192 g/mol. The number of rotatable bonds is 5. The molecule has 0 saturated carbocycles. The summed E-state index contributed by atoms with van der Waals surface area (Å²) in [6, 6.07) is 0. The Morgan fingerprint density at radius 1 is 1.60 bits per heavy atom. The molecule has 1 aliphatic rings. The van der Waals surface area contributed by atoms with Crippen molar-refractivity contribution < 1.29 is 9.84 Å². The zero-order valence-electron chi connectivity index (χ0n) is 10.1. The molecule has 4 heteroatoms. The number of hydrogen-bond donors (Lipinski definition) is 2. The fraction of sp³-hybridized carbons (Fsp3) is 1.00. The SMILES string of the molecule is CNCC(O)CN1CCC(C)C(OC)C1. The van der Waals surface area contributed by atoms with E-state index in [0.29, 0.717) is 18.6 Å². The van der Waals surface area contributed by atoms with Crippen molar-refractivity contribution in [2.24, 2.45) is 5.92 Å². The molecule has 2 N–H and O–H groups in total. The number of hydrogen-bond acceptors (Lipinski definition) is 4. The van der Waals surface area contributed by atoms with E-state index < -0.39 is 0 Å². The number of methoxy groups -OCH3 is 1. The van der Waals surface area contributed by atoms with Gasteiger partial charge in [0.2, 0.25) is 0 Å². The number of aliphatic hydroxyl groups is 1. The molecule has 0 radical (unpaired) electrons. The van der Waals surface area contributed by atoms with E-state index in [1.165, 1.54) is 0 Å². The summed E-state index contributed by atoms with van der Waals surface area (Å²) >= 11 is 0. The summed E-state index contributed by atoms with van der Waals surface area (Å²) < 4.78 is 5.44. The van der Waals surface area contributed by atoms with Gasteiger partial charge < -0.3 is 15.2 Å². The molecule has 0 amide bonds. The number of β-amino-alcohol motifs (C(OH)–C–C–N with tert-alkyl or cyclic N) is 1. The van der Waals surface area contributed by atoms with E-state index in [9.17, 15) is 5.11 Å². The summed E-state index contributed by atoms with van der Waals surface area (Å²) in [5.41, 5.74) is 0. The minimum Gasteiger partial charge on any atom is -0.390 e. The average molecular weight is 216 g/mol. The molecule has 1 rings (SSSR count). The molecule has 0 spiro atoms. The van der Waals surface area contributed by atoms with Gasteiger partial charge in [-0.15, -0.1) is 0 Å². The second kappa shape index (κ2) is 6.43. The number of piperidine rings is 1. The van der Waals surface area contributed by atoms with Crippen LogP contribution in [-0.2, 0) is 4.74 Å². The van der Waals surface area contributed by atoms with Crippen molar-refractivity contribution in [1.29, 1.82) is 0 Å². The van der Waals surface area contributed by atoms with Crippen LogP contribution >= 0.6 is 0 Å². The Hall–Kier alpha value is -0.160. The maximum absolute atomic E-state index is 9.68. The van der Waals surface area contributed by atoms with Crippen molar-refractivity contribution in [3.8, 4) is 0 Å². The van der Waals surface area contributed by atoms with Crippen LogP contribution in [0.1, 0.15) is 13.3 Å². The summed E-state index contributed by atoms with van der Waals surface area (Å²) in [5.74, 6) is 0.632. The second-order valence-corrected chi connectivity index (χ2v) is 4.51. The molecule has 3 atom stereocenters. The second-order valence-electron chi connectivity index (χ2n) is 4.51. The standard InChI is InChI=1S/C11H24N2O2/c1-9-4-5-13(8-11(9)15-3)7-10(14)6-12-2/h9-12,14H,4-8H2,1-3H3. The minimum absolute atomic E-state index is 0.277. The monoisotopic (exact) mass is 216 g/mol. The maximum atomic E-state index is 9.68. The molecule has 3 unspecified atom stereocenters. The first-order chi connectivity index (χ1) is 7.17. The van der Waals surface area contributed by atoms with Gasteiger partial charge in [-0.1, -0.05) is 6.92 Å². The fourth-order valence-electron chi connectivity index (χ4n) is 2.17. The molecule has 0 aromatic rings. The lowest BCUT2D eigenvalue weighted by molar-refractivity contribution is -0.0173. The zero-order chi connectivity index (χ0) is 11.3. The van der Waals surface area contributed by atoms with Gasteiger partial charge in [-0.25, -0.2) is 0 Å². The summed E-state index contributed by atoms with van der Waals surface area (Å²) in [5, 5.41) is 12.7. The third-order valence-corrected chi connectivity index (χ3v) is 3.18. The van der Waals surface area contributed by atoms with Crippen molar-refractivity contribution in [3.63, 3.8) is 0 Å². The number of ether oxygens (including phenoxy) is 1. The number of aliphatic hydroxyl groups excluding tert-OH is 1. The smallest absolute Gasteiger partial charge is 0.0791 e. The molecule has 1 aliphatic heterocycles. The van der Waals surface area contributed by atoms with Gasteiger partial charge in [0.15, 0.2) is 0 Å². The van der Waals surface area contributed by atoms with Crippen molar-refractivity contribution >= 4 is 0 Å². The molecule has 1 heterocycles. The number of likely N-dealkylation sites (N-methyl/N-ethyl adjacent to an activating group) is 1. The summed E-state index contributed by atoms with van der Waals surface area (Å²) in [6.45, 7) is 5.65. The highest BCUT2D eigenvalue weighted by Gasteiger charge is 2.26. The maximum Gasteiger partial charge on any atom is 0.0791 e. The molecule has 0 aliphatic carbocycles. The van der Waals surface area contributed by atoms with Gasteiger partial charge in [0.05, 0.1) is 12.2 Å². The Morgan fingerprint density at radius 2 is 2.33 bits per heavy atom. The molecule has 0 bridgehead atoms. The molecule has 0 aromatic heterocycles. The van der Waals surface area contributed by atoms with Gasteiger partial charge in [-0.2, -0.15) is 0 Å². The first-order valence-electron chi connectivity index (χ1n) is 5.75. The van der Waals surface area contributed by atoms with Crippen LogP contribution in [0, 0.1) is 5.92 Å². The Morgan fingerprint density at radius 3 is 2.93 bits per heavy atom. The Kier molecular flexibility index (Phi) is 5.53. The highest BCUT2D eigenvalue weighted by atomic mass is 16.5. The molecule has 90 valence electrons. The van der Waals surface area contributed by atoms with Crippen LogP contribution in [0.25, 0.3) is 0 Å². The lowest BCUT2D eigenvalue weighted by atomic mass is 9.95. The van der Waals surface area contributed by atoms with Gasteiger partial charge in [-0.3, -0.25) is 4.90 Å². The van der Waals surface area contributed by atoms with E-state index in [2.05, 4.69) is 17.1 Å². The van der Waals surface area contributed by atoms with Crippen LogP contribution in [0.4, 0.5) is 0 Å². The van der Waals surface area contributed by atoms with E-state index in [4.69, 9.17) is 4.74 Å². The Balaban J connectivity index is 2.31. The molecule has 1 fully saturated rings. The summed E-state index contributed by atoms with van der Waals surface area (Å²) in [4.78, 5) is 2.29. The third-order valence-electron chi connectivity index (χ3n) is 3.18. The molecule has 15 heavy (non-hydrogen) atoms. The van der Waals surface area contributed by atoms with Crippen molar-refractivity contribution in [1.82, 2.24) is 10.2 Å². The molecule has 1 saturated heterocycles. The first kappa shape index (κ1) is 12.9. The van der Waals surface area contributed by atoms with Gasteiger partial charge in [0.1, 0.15) is 0 Å². The fourth-order valence-corrected chi connectivity index (χ4v) is 2.17. The van der Waals surface area contributed by atoms with Crippen molar-refractivity contribution in [2.45, 2.75) is 25.6 Å². The quantitative estimate of drug-likeness (QED) is 0.675. The predicted octanol–water partition coefficient (Wildman–Crippen LogP) is -0.0765. The van der Waals surface area contributed by atoms with Crippen LogP contribution in [0.5, 0.6) is 0 Å². The number of nitrogens with zero attached hydrogens (tertiary/aromatic N) is 1. The van der Waals surface area contributed by atoms with Crippen LogP contribution in [-0.4, -0.2) is 62.6 Å². The minimum atomic E-state index is -0.277. The van der Waals surface area contributed by atoms with Crippen LogP contribution in [0.15, 0.2) is 0 Å². The molecule has 0 aromatic carbocycles. The predicted molar refractivity (Wildman–Crippen MR) is 61.0 cm³/mol. The zero-order valence-corrected chi connectivity index (χ0v) is 10.1. The number of likely N-dealkylation sites (tertiary alicyclic amines) is 1. The number of nitrogens with one attached hydrogen (secondary N) is 1. The van der Waals surface area contributed by atoms with Crippen LogP contribution in [0.3, 0.4) is 0 Å². The third kappa shape index (κ3) is 4.07. The van der Waals surface area contributed by atoms with Gasteiger partial charge in [-0.05, 0) is 25.9 Å². The normalized spacial score (nSPS) is 30.4. The largest absolute Gasteiger partial charge is 0.390 e. The highest BCUT2D eigenvalue weighted by Crippen LogP contribution is 2.19. The summed E-state index contributed by atoms with van der Waals surface area (Å²) in [7, 11) is 3.63. The highest BCUT2D eigenvalue weighted by molar-refractivity contribution is 4.80. The van der Waals surface area contributed by atoms with E-state index in [1.807, 2.05) is 7.05 Å². The average Bonchev–Trinajstić information content (AvgIpc) is 2.21. The van der Waals surface area contributed by atoms with Gasteiger partial charge in [0, 0.05) is 26.7 Å². The van der Waals surface area contributed by atoms with Gasteiger partial charge in [0.25, 0.3) is 0 Å². The van der Waals surface area contributed by atoms with E-state index in [0.717, 1.165) is 26.1 Å². The first-order valence-corrected chi connectivity index (χ1v) is 5.75. The van der Waals surface area contributed by atoms with E-state index in [1.54, 1.807) is 7.11 Å². The molecule has 4 nitrogen and oxygen atoms in total. The van der Waals surface area contributed by atoms with E-state index in [-0.39, 0.29) is 6.10 Å². The topological polar surface area (TPSA) is 44.7 Å². The lowest BCUT2D eigenvalue weighted by Gasteiger charge is -2.37. The van der Waals surface area contributed by atoms with E-state index >= 15 is 0 Å². The van der Waals surface area contributed by atoms with Crippen LogP contribution < -0.4 is 5.32 Å². The molecular formula is C11H24N2O2. The Labute approximate surface area is 92.6 Å². The Bertz CT molecular complexity index is 178. The van der Waals surface area contributed by atoms with Crippen molar-refractivity contribution in [3.05, 3.63) is 0 Å². The summed E-state index contributed by atoms with van der Waals surface area (Å²) in [6.07, 6.45) is 1.20. The van der Waals surface area contributed by atoms with Crippen LogP contribution in [0.2, 0.25) is 0 Å².